The lowest BCUT2D eigenvalue weighted by Crippen LogP contribution is -2.45. The molecule has 0 saturated heterocycles. The predicted molar refractivity (Wildman–Crippen MR) is 62.2 cm³/mol. The Kier molecular flexibility index (Phi) is 4.51. The van der Waals surface area contributed by atoms with Crippen molar-refractivity contribution in [3.63, 3.8) is 0 Å². The summed E-state index contributed by atoms with van der Waals surface area (Å²) in [6.07, 6.45) is 0.517. The topological polar surface area (TPSA) is 58.2 Å². The van der Waals surface area contributed by atoms with Crippen molar-refractivity contribution in [2.24, 2.45) is 0 Å². The van der Waals surface area contributed by atoms with Gasteiger partial charge in [-0.2, -0.15) is 0 Å². The summed E-state index contributed by atoms with van der Waals surface area (Å²) in [5.41, 5.74) is 1.03. The summed E-state index contributed by atoms with van der Waals surface area (Å²) in [7, 11) is 1.52. The monoisotopic (exact) mass is 220 g/mol. The van der Waals surface area contributed by atoms with Gasteiger partial charge in [-0.25, -0.2) is 4.79 Å². The molecular weight excluding hydrogens is 204 g/mol. The summed E-state index contributed by atoms with van der Waals surface area (Å²) < 4.78 is 0. The maximum absolute atomic E-state index is 11.4. The molecule has 0 heterocycles. The molecule has 16 heavy (non-hydrogen) atoms. The third-order valence-electron chi connectivity index (χ3n) is 2.31. The molecule has 0 unspecified atom stereocenters. The largest absolute Gasteiger partial charge is 0.341 e. The standard InChI is InChI=1S/C12H16N2O2/c1-9(15)11(14-12(16)13-2)8-10-6-4-3-5-7-10/h3-7,11H,8H2,1-2H3,(H2,13,14,16)/t11-/m0/s1. The van der Waals surface area contributed by atoms with Crippen LogP contribution in [0.3, 0.4) is 0 Å². The van der Waals surface area contributed by atoms with Crippen LogP contribution in [0, 0.1) is 0 Å². The minimum absolute atomic E-state index is 0.0487. The van der Waals surface area contributed by atoms with Crippen LogP contribution in [0.15, 0.2) is 30.3 Å². The first-order valence-corrected chi connectivity index (χ1v) is 5.16. The van der Waals surface area contributed by atoms with Crippen LogP contribution in [-0.2, 0) is 11.2 Å². The van der Waals surface area contributed by atoms with Gasteiger partial charge in [-0.3, -0.25) is 4.79 Å². The molecule has 1 rings (SSSR count). The lowest BCUT2D eigenvalue weighted by molar-refractivity contribution is -0.118. The zero-order valence-electron chi connectivity index (χ0n) is 9.49. The Hall–Kier alpha value is -1.84. The van der Waals surface area contributed by atoms with Crippen LogP contribution in [-0.4, -0.2) is 24.9 Å². The van der Waals surface area contributed by atoms with Crippen LogP contribution in [0.25, 0.3) is 0 Å². The number of ketones is 1. The Morgan fingerprint density at radius 3 is 2.38 bits per heavy atom. The van der Waals surface area contributed by atoms with E-state index in [9.17, 15) is 9.59 Å². The molecule has 0 spiro atoms. The van der Waals surface area contributed by atoms with E-state index >= 15 is 0 Å². The third-order valence-corrected chi connectivity index (χ3v) is 2.31. The van der Waals surface area contributed by atoms with Crippen molar-refractivity contribution in [2.75, 3.05) is 7.05 Å². The van der Waals surface area contributed by atoms with E-state index in [-0.39, 0.29) is 11.8 Å². The Labute approximate surface area is 95.0 Å². The molecule has 0 saturated carbocycles. The molecule has 1 aromatic carbocycles. The second kappa shape index (κ2) is 5.90. The van der Waals surface area contributed by atoms with Gasteiger partial charge in [-0.1, -0.05) is 30.3 Å². The van der Waals surface area contributed by atoms with Crippen LogP contribution in [0.1, 0.15) is 12.5 Å². The number of amides is 2. The van der Waals surface area contributed by atoms with Crippen LogP contribution in [0.4, 0.5) is 4.79 Å². The number of rotatable bonds is 4. The molecule has 1 atom stereocenters. The van der Waals surface area contributed by atoms with E-state index < -0.39 is 6.04 Å². The summed E-state index contributed by atoms with van der Waals surface area (Å²) in [6.45, 7) is 1.48. The minimum Gasteiger partial charge on any atom is -0.341 e. The Balaban J connectivity index is 2.65. The first-order valence-electron chi connectivity index (χ1n) is 5.16. The van der Waals surface area contributed by atoms with E-state index in [4.69, 9.17) is 0 Å². The fraction of sp³-hybridized carbons (Fsp3) is 0.333. The number of urea groups is 1. The molecule has 2 N–H and O–H groups in total. The Morgan fingerprint density at radius 1 is 1.25 bits per heavy atom. The lowest BCUT2D eigenvalue weighted by atomic mass is 10.0. The highest BCUT2D eigenvalue weighted by atomic mass is 16.2. The second-order valence-electron chi connectivity index (χ2n) is 3.58. The van der Waals surface area contributed by atoms with Crippen molar-refractivity contribution in [1.29, 1.82) is 0 Å². The van der Waals surface area contributed by atoms with Crippen molar-refractivity contribution in [3.8, 4) is 0 Å². The van der Waals surface area contributed by atoms with Crippen molar-refractivity contribution in [1.82, 2.24) is 10.6 Å². The summed E-state index contributed by atoms with van der Waals surface area (Å²) in [6, 6.07) is 8.79. The Bertz CT molecular complexity index is 363. The van der Waals surface area contributed by atoms with E-state index in [1.54, 1.807) is 0 Å². The van der Waals surface area contributed by atoms with Gasteiger partial charge in [-0.15, -0.1) is 0 Å². The van der Waals surface area contributed by atoms with Gasteiger partial charge in [0.05, 0.1) is 6.04 Å². The Morgan fingerprint density at radius 2 is 1.88 bits per heavy atom. The van der Waals surface area contributed by atoms with E-state index in [2.05, 4.69) is 10.6 Å². The highest BCUT2D eigenvalue weighted by molar-refractivity contribution is 5.87. The van der Waals surface area contributed by atoms with Crippen LogP contribution >= 0.6 is 0 Å². The minimum atomic E-state index is -0.470. The molecule has 2 amide bonds. The fourth-order valence-electron chi connectivity index (χ4n) is 1.38. The van der Waals surface area contributed by atoms with E-state index in [0.717, 1.165) is 5.56 Å². The quantitative estimate of drug-likeness (QED) is 0.798. The van der Waals surface area contributed by atoms with Gasteiger partial charge in [-0.05, 0) is 18.9 Å². The van der Waals surface area contributed by atoms with E-state index in [1.807, 2.05) is 30.3 Å². The number of Topliss-reactive ketones (excluding diaryl/α,β-unsaturated/α-hetero) is 1. The molecule has 1 aromatic rings. The molecule has 0 radical (unpaired) electrons. The first kappa shape index (κ1) is 12.2. The molecule has 86 valence electrons. The van der Waals surface area contributed by atoms with Gasteiger partial charge in [0.2, 0.25) is 0 Å². The van der Waals surface area contributed by atoms with Gasteiger partial charge in [0.25, 0.3) is 0 Å². The number of benzene rings is 1. The molecule has 0 aliphatic rings. The molecule has 4 heteroatoms. The van der Waals surface area contributed by atoms with Crippen molar-refractivity contribution in [2.45, 2.75) is 19.4 Å². The van der Waals surface area contributed by atoms with E-state index in [1.165, 1.54) is 14.0 Å². The molecule has 0 aromatic heterocycles. The lowest BCUT2D eigenvalue weighted by Gasteiger charge is -2.15. The van der Waals surface area contributed by atoms with Gasteiger partial charge in [0.1, 0.15) is 0 Å². The van der Waals surface area contributed by atoms with Crippen molar-refractivity contribution in [3.05, 3.63) is 35.9 Å². The number of carbonyl (C=O) groups excluding carboxylic acids is 2. The van der Waals surface area contributed by atoms with Crippen LogP contribution < -0.4 is 10.6 Å². The number of carbonyl (C=O) groups is 2. The zero-order chi connectivity index (χ0) is 12.0. The summed E-state index contributed by atoms with van der Waals surface area (Å²) in [4.78, 5) is 22.5. The number of hydrogen-bond donors (Lipinski definition) is 2. The van der Waals surface area contributed by atoms with Gasteiger partial charge >= 0.3 is 6.03 Å². The average molecular weight is 220 g/mol. The maximum Gasteiger partial charge on any atom is 0.315 e. The highest BCUT2D eigenvalue weighted by Crippen LogP contribution is 2.03. The van der Waals surface area contributed by atoms with Crippen molar-refractivity contribution >= 4 is 11.8 Å². The fourth-order valence-corrected chi connectivity index (χ4v) is 1.38. The van der Waals surface area contributed by atoms with Crippen LogP contribution in [0.5, 0.6) is 0 Å². The molecule has 0 fully saturated rings. The summed E-state index contributed by atoms with van der Waals surface area (Å²) >= 11 is 0. The predicted octanol–water partition coefficient (Wildman–Crippen LogP) is 1.12. The maximum atomic E-state index is 11.4. The molecule has 4 nitrogen and oxygen atoms in total. The van der Waals surface area contributed by atoms with Gasteiger partial charge in [0, 0.05) is 7.05 Å². The SMILES string of the molecule is CNC(=O)N[C@@H](Cc1ccccc1)C(C)=O. The average Bonchev–Trinajstić information content (AvgIpc) is 2.29. The molecule has 0 aliphatic carbocycles. The number of nitrogens with one attached hydrogen (secondary N) is 2. The zero-order valence-corrected chi connectivity index (χ0v) is 9.49. The summed E-state index contributed by atoms with van der Waals surface area (Å²) in [5.74, 6) is -0.0487. The van der Waals surface area contributed by atoms with Gasteiger partial charge in [0.15, 0.2) is 5.78 Å². The third kappa shape index (κ3) is 3.73. The first-order chi connectivity index (χ1) is 7.63. The van der Waals surface area contributed by atoms with Gasteiger partial charge < -0.3 is 10.6 Å². The normalized spacial score (nSPS) is 11.6. The molecule has 0 aliphatic heterocycles. The van der Waals surface area contributed by atoms with Crippen LogP contribution in [0.2, 0.25) is 0 Å². The molecule has 0 bridgehead atoms. The smallest absolute Gasteiger partial charge is 0.315 e. The molecular formula is C12H16N2O2. The number of hydrogen-bond acceptors (Lipinski definition) is 2. The highest BCUT2D eigenvalue weighted by Gasteiger charge is 2.16. The van der Waals surface area contributed by atoms with Crippen molar-refractivity contribution < 1.29 is 9.59 Å². The second-order valence-corrected chi connectivity index (χ2v) is 3.58. The summed E-state index contributed by atoms with van der Waals surface area (Å²) in [5, 5.41) is 5.05. The van der Waals surface area contributed by atoms with E-state index in [0.29, 0.717) is 6.42 Å².